The van der Waals surface area contributed by atoms with Gasteiger partial charge in [0.15, 0.2) is 5.16 Å². The van der Waals surface area contributed by atoms with Crippen molar-refractivity contribution in [3.05, 3.63) is 50.2 Å². The third-order valence-corrected chi connectivity index (χ3v) is 3.53. The van der Waals surface area contributed by atoms with Gasteiger partial charge in [0.25, 0.3) is 0 Å². The first kappa shape index (κ1) is 13.3. The molecule has 0 aliphatic carbocycles. The predicted octanol–water partition coefficient (Wildman–Crippen LogP) is 1.45. The molecule has 0 aliphatic heterocycles. The average molecular weight is 284 g/mol. The van der Waals surface area contributed by atoms with E-state index in [1.54, 1.807) is 0 Å². The molecule has 100 valence electrons. The van der Waals surface area contributed by atoms with Crippen LogP contribution in [0.3, 0.4) is 0 Å². The molecule has 0 atom stereocenters. The zero-order valence-electron chi connectivity index (χ0n) is 9.79. The highest BCUT2D eigenvalue weighted by Gasteiger charge is 2.17. The second-order valence-corrected chi connectivity index (χ2v) is 4.61. The normalized spacial score (nSPS) is 10.6. The van der Waals surface area contributed by atoms with Crippen molar-refractivity contribution in [3.8, 4) is 0 Å². The average Bonchev–Trinajstić information content (AvgIpc) is 2.68. The van der Waals surface area contributed by atoms with Gasteiger partial charge in [0, 0.05) is 24.4 Å². The van der Waals surface area contributed by atoms with Gasteiger partial charge in [-0.15, -0.1) is 5.10 Å². The van der Waals surface area contributed by atoms with Gasteiger partial charge in [0.05, 0.1) is 4.92 Å². The molecule has 0 amide bonds. The van der Waals surface area contributed by atoms with Crippen molar-refractivity contribution in [2.75, 3.05) is 0 Å². The van der Waals surface area contributed by atoms with Gasteiger partial charge in [-0.05, 0) is 0 Å². The van der Waals surface area contributed by atoms with Gasteiger partial charge in [-0.3, -0.25) is 14.7 Å². The lowest BCUT2D eigenvalue weighted by molar-refractivity contribution is -0.387. The molecule has 0 unspecified atom stereocenters. The second-order valence-electron chi connectivity index (χ2n) is 3.67. The lowest BCUT2D eigenvalue weighted by Gasteiger charge is -2.02. The first-order valence-electron chi connectivity index (χ1n) is 5.16. The predicted molar refractivity (Wildman–Crippen MR) is 66.4 cm³/mol. The maximum atomic E-state index is 13.8. The van der Waals surface area contributed by atoms with Crippen molar-refractivity contribution in [2.45, 2.75) is 10.9 Å². The van der Waals surface area contributed by atoms with E-state index in [4.69, 9.17) is 0 Å². The Hall–Kier alpha value is -2.16. The number of rotatable bonds is 4. The molecule has 0 radical (unpaired) electrons. The topological polar surface area (TPSA) is 93.8 Å². The number of nitro benzene ring substituents is 1. The summed E-state index contributed by atoms with van der Waals surface area (Å²) in [6.45, 7) is 0. The Kier molecular flexibility index (Phi) is 3.65. The van der Waals surface area contributed by atoms with E-state index < -0.39 is 16.4 Å². The van der Waals surface area contributed by atoms with Crippen molar-refractivity contribution in [3.63, 3.8) is 0 Å². The van der Waals surface area contributed by atoms with E-state index in [1.807, 2.05) is 0 Å². The van der Waals surface area contributed by atoms with E-state index in [2.05, 4.69) is 10.2 Å². The molecule has 0 saturated carbocycles. The zero-order chi connectivity index (χ0) is 14.0. The third kappa shape index (κ3) is 2.65. The van der Waals surface area contributed by atoms with Crippen LogP contribution in [0.15, 0.2) is 28.2 Å². The SMILES string of the molecule is Cn1c(SCc2cccc([N+](=O)[O-])c2F)n[nH]c1=O. The number of hydrogen-bond acceptors (Lipinski definition) is 5. The highest BCUT2D eigenvalue weighted by atomic mass is 32.2. The van der Waals surface area contributed by atoms with Crippen molar-refractivity contribution < 1.29 is 9.31 Å². The molecule has 2 rings (SSSR count). The van der Waals surface area contributed by atoms with Crippen LogP contribution in [0.4, 0.5) is 10.1 Å². The second kappa shape index (κ2) is 5.22. The number of aromatic nitrogens is 3. The highest BCUT2D eigenvalue weighted by molar-refractivity contribution is 7.98. The van der Waals surface area contributed by atoms with Crippen LogP contribution in [0.5, 0.6) is 0 Å². The number of H-pyrrole nitrogens is 1. The summed E-state index contributed by atoms with van der Waals surface area (Å²) in [6.07, 6.45) is 0. The molecule has 19 heavy (non-hydrogen) atoms. The van der Waals surface area contributed by atoms with E-state index in [0.717, 1.165) is 17.8 Å². The van der Waals surface area contributed by atoms with Crippen LogP contribution in [0.1, 0.15) is 5.56 Å². The zero-order valence-corrected chi connectivity index (χ0v) is 10.6. The van der Waals surface area contributed by atoms with Crippen LogP contribution in [0.2, 0.25) is 0 Å². The maximum absolute atomic E-state index is 13.8. The minimum absolute atomic E-state index is 0.144. The number of benzene rings is 1. The van der Waals surface area contributed by atoms with Gasteiger partial charge in [0.1, 0.15) is 0 Å². The molecule has 0 fully saturated rings. The fourth-order valence-electron chi connectivity index (χ4n) is 1.42. The van der Waals surface area contributed by atoms with E-state index in [1.165, 1.54) is 23.7 Å². The monoisotopic (exact) mass is 284 g/mol. The molecule has 1 heterocycles. The van der Waals surface area contributed by atoms with Gasteiger partial charge in [-0.25, -0.2) is 9.89 Å². The molecule has 7 nitrogen and oxygen atoms in total. The summed E-state index contributed by atoms with van der Waals surface area (Å²) in [7, 11) is 1.53. The molecular weight excluding hydrogens is 275 g/mol. The Balaban J connectivity index is 2.21. The number of aromatic amines is 1. The van der Waals surface area contributed by atoms with Crippen molar-refractivity contribution in [1.82, 2.24) is 14.8 Å². The fourth-order valence-corrected chi connectivity index (χ4v) is 2.32. The summed E-state index contributed by atoms with van der Waals surface area (Å²) in [5, 5.41) is 17.0. The van der Waals surface area contributed by atoms with Gasteiger partial charge in [-0.1, -0.05) is 23.9 Å². The minimum atomic E-state index is -0.861. The third-order valence-electron chi connectivity index (χ3n) is 2.45. The number of nitrogens with one attached hydrogen (secondary N) is 1. The molecule has 0 saturated heterocycles. The van der Waals surface area contributed by atoms with E-state index in [9.17, 15) is 19.3 Å². The number of halogens is 1. The number of nitrogens with zero attached hydrogens (tertiary/aromatic N) is 3. The van der Waals surface area contributed by atoms with Crippen molar-refractivity contribution in [2.24, 2.45) is 7.05 Å². The largest absolute Gasteiger partial charge is 0.343 e. The van der Waals surface area contributed by atoms with Crippen molar-refractivity contribution in [1.29, 1.82) is 0 Å². The van der Waals surface area contributed by atoms with Crippen molar-refractivity contribution >= 4 is 17.4 Å². The summed E-state index contributed by atoms with van der Waals surface area (Å²) in [5.41, 5.74) is -0.745. The number of hydrogen-bond donors (Lipinski definition) is 1. The number of thioether (sulfide) groups is 1. The molecule has 0 bridgehead atoms. The summed E-state index contributed by atoms with van der Waals surface area (Å²) in [5.74, 6) is -0.716. The Morgan fingerprint density at radius 1 is 1.58 bits per heavy atom. The van der Waals surface area contributed by atoms with Gasteiger partial charge >= 0.3 is 11.4 Å². The molecule has 1 aromatic heterocycles. The van der Waals surface area contributed by atoms with Gasteiger partial charge in [0.2, 0.25) is 5.82 Å². The lowest BCUT2D eigenvalue weighted by atomic mass is 10.2. The Morgan fingerprint density at radius 3 is 2.89 bits per heavy atom. The maximum Gasteiger partial charge on any atom is 0.343 e. The molecule has 1 aromatic carbocycles. The fraction of sp³-hybridized carbons (Fsp3) is 0.200. The van der Waals surface area contributed by atoms with Crippen LogP contribution in [0.25, 0.3) is 0 Å². The Morgan fingerprint density at radius 2 is 2.32 bits per heavy atom. The van der Waals surface area contributed by atoms with Crippen LogP contribution in [-0.4, -0.2) is 19.7 Å². The van der Waals surface area contributed by atoms with Crippen LogP contribution in [-0.2, 0) is 12.8 Å². The van der Waals surface area contributed by atoms with E-state index in [-0.39, 0.29) is 17.0 Å². The van der Waals surface area contributed by atoms with Crippen LogP contribution >= 0.6 is 11.8 Å². The van der Waals surface area contributed by atoms with Gasteiger partial charge in [-0.2, -0.15) is 4.39 Å². The molecule has 0 aliphatic rings. The highest BCUT2D eigenvalue weighted by Crippen LogP contribution is 2.25. The van der Waals surface area contributed by atoms with Crippen LogP contribution in [0, 0.1) is 15.9 Å². The number of nitro groups is 1. The van der Waals surface area contributed by atoms with Crippen LogP contribution < -0.4 is 5.69 Å². The quantitative estimate of drug-likeness (QED) is 0.521. The summed E-state index contributed by atoms with van der Waals surface area (Å²) >= 11 is 1.11. The minimum Gasteiger partial charge on any atom is -0.273 e. The first-order chi connectivity index (χ1) is 9.00. The van der Waals surface area contributed by atoms with E-state index >= 15 is 0 Å². The van der Waals surface area contributed by atoms with Gasteiger partial charge < -0.3 is 0 Å². The Labute approximate surface area is 110 Å². The molecule has 2 aromatic rings. The Bertz CT molecular complexity index is 682. The molecular formula is C10H9FN4O3S. The first-order valence-corrected chi connectivity index (χ1v) is 6.15. The molecule has 9 heteroatoms. The standard InChI is InChI=1S/C10H9FN4O3S/c1-14-9(16)12-13-10(14)19-5-6-3-2-4-7(8(6)11)15(17)18/h2-4H,5H2,1H3,(H,12,16). The lowest BCUT2D eigenvalue weighted by Crippen LogP contribution is -2.12. The smallest absolute Gasteiger partial charge is 0.273 e. The summed E-state index contributed by atoms with van der Waals surface area (Å²) in [6, 6.07) is 3.98. The molecule has 1 N–H and O–H groups in total. The summed E-state index contributed by atoms with van der Waals surface area (Å²) < 4.78 is 15.1. The molecule has 0 spiro atoms. The summed E-state index contributed by atoms with van der Waals surface area (Å²) in [4.78, 5) is 21.0. The van der Waals surface area contributed by atoms with E-state index in [0.29, 0.717) is 5.16 Å².